The highest BCUT2D eigenvalue weighted by atomic mass is 32.2. The summed E-state index contributed by atoms with van der Waals surface area (Å²) in [6, 6.07) is 0.142. The number of nitrogens with one attached hydrogen (secondary N) is 1. The van der Waals surface area contributed by atoms with Gasteiger partial charge in [0.2, 0.25) is 0 Å². The van der Waals surface area contributed by atoms with Crippen LogP contribution in [0.25, 0.3) is 0 Å². The third kappa shape index (κ3) is 4.21. The van der Waals surface area contributed by atoms with Crippen LogP contribution in [0.4, 0.5) is 0 Å². The van der Waals surface area contributed by atoms with Gasteiger partial charge in [0.25, 0.3) is 10.2 Å². The van der Waals surface area contributed by atoms with Crippen molar-refractivity contribution in [2.75, 3.05) is 19.6 Å². The molecule has 0 bridgehead atoms. The molecule has 2 unspecified atom stereocenters. The molecule has 0 aromatic rings. The van der Waals surface area contributed by atoms with Crippen LogP contribution in [0, 0.1) is 5.92 Å². The van der Waals surface area contributed by atoms with Crippen molar-refractivity contribution < 1.29 is 8.42 Å². The van der Waals surface area contributed by atoms with Crippen molar-refractivity contribution in [2.24, 2.45) is 11.7 Å². The van der Waals surface area contributed by atoms with Crippen molar-refractivity contribution in [1.29, 1.82) is 0 Å². The Morgan fingerprint density at radius 3 is 2.35 bits per heavy atom. The number of hydrogen-bond acceptors (Lipinski definition) is 3. The van der Waals surface area contributed by atoms with E-state index in [4.69, 9.17) is 5.73 Å². The van der Waals surface area contributed by atoms with E-state index in [2.05, 4.69) is 4.72 Å². The first kappa shape index (κ1) is 14.9. The zero-order valence-corrected chi connectivity index (χ0v) is 11.7. The van der Waals surface area contributed by atoms with Crippen LogP contribution in [0.15, 0.2) is 0 Å². The van der Waals surface area contributed by atoms with Crippen LogP contribution in [0.1, 0.15) is 39.5 Å². The Morgan fingerprint density at radius 1 is 1.24 bits per heavy atom. The molecule has 2 atom stereocenters. The van der Waals surface area contributed by atoms with Gasteiger partial charge in [-0.15, -0.1) is 0 Å². The molecule has 1 rings (SSSR count). The second kappa shape index (κ2) is 6.68. The molecular weight excluding hydrogens is 238 g/mol. The van der Waals surface area contributed by atoms with E-state index in [1.165, 1.54) is 10.7 Å². The highest BCUT2D eigenvalue weighted by Crippen LogP contribution is 2.22. The van der Waals surface area contributed by atoms with Crippen LogP contribution < -0.4 is 10.5 Å². The fourth-order valence-electron chi connectivity index (χ4n) is 2.36. The van der Waals surface area contributed by atoms with Gasteiger partial charge in [0.1, 0.15) is 0 Å². The van der Waals surface area contributed by atoms with Gasteiger partial charge in [-0.1, -0.05) is 26.7 Å². The van der Waals surface area contributed by atoms with Crippen molar-refractivity contribution in [2.45, 2.75) is 45.6 Å². The second-order valence-electron chi connectivity index (χ2n) is 4.65. The maximum Gasteiger partial charge on any atom is 0.279 e. The minimum Gasteiger partial charge on any atom is -0.327 e. The molecule has 6 heteroatoms. The van der Waals surface area contributed by atoms with Gasteiger partial charge in [0.05, 0.1) is 0 Å². The molecule has 0 aliphatic heterocycles. The van der Waals surface area contributed by atoms with E-state index >= 15 is 0 Å². The van der Waals surface area contributed by atoms with E-state index in [1.54, 1.807) is 0 Å². The molecule has 0 spiro atoms. The number of nitrogens with zero attached hydrogens (tertiary/aromatic N) is 1. The Balaban J connectivity index is 2.48. The zero-order chi connectivity index (χ0) is 12.9. The largest absolute Gasteiger partial charge is 0.327 e. The van der Waals surface area contributed by atoms with Gasteiger partial charge in [-0.3, -0.25) is 0 Å². The first-order valence-corrected chi connectivity index (χ1v) is 7.95. The van der Waals surface area contributed by atoms with Crippen molar-refractivity contribution in [3.05, 3.63) is 0 Å². The summed E-state index contributed by atoms with van der Waals surface area (Å²) in [4.78, 5) is 0. The lowest BCUT2D eigenvalue weighted by molar-refractivity contribution is 0.305. The Hall–Kier alpha value is -0.170. The third-order valence-electron chi connectivity index (χ3n) is 3.54. The molecule has 1 aliphatic rings. The summed E-state index contributed by atoms with van der Waals surface area (Å²) in [7, 11) is -3.32. The summed E-state index contributed by atoms with van der Waals surface area (Å²) < 4.78 is 27.9. The van der Waals surface area contributed by atoms with Crippen LogP contribution in [0.5, 0.6) is 0 Å². The summed E-state index contributed by atoms with van der Waals surface area (Å²) >= 11 is 0. The lowest BCUT2D eigenvalue weighted by Crippen LogP contribution is -2.46. The van der Waals surface area contributed by atoms with Crippen LogP contribution in [-0.4, -0.2) is 38.4 Å². The van der Waals surface area contributed by atoms with E-state index in [0.29, 0.717) is 19.6 Å². The fourth-order valence-corrected chi connectivity index (χ4v) is 3.64. The van der Waals surface area contributed by atoms with E-state index in [9.17, 15) is 8.42 Å². The molecule has 0 saturated heterocycles. The van der Waals surface area contributed by atoms with Gasteiger partial charge < -0.3 is 5.73 Å². The normalized spacial score (nSPS) is 26.4. The van der Waals surface area contributed by atoms with Gasteiger partial charge >= 0.3 is 0 Å². The van der Waals surface area contributed by atoms with Crippen LogP contribution >= 0.6 is 0 Å². The average Bonchev–Trinajstić information content (AvgIpc) is 2.29. The standard InChI is InChI=1S/C11H25N3O2S/c1-3-14(4-2)17(15,16)13-9-10-7-5-6-8-11(10)12/h10-11,13H,3-9,12H2,1-2H3. The van der Waals surface area contributed by atoms with E-state index in [0.717, 1.165) is 19.3 Å². The fraction of sp³-hybridized carbons (Fsp3) is 1.00. The van der Waals surface area contributed by atoms with Crippen molar-refractivity contribution >= 4 is 10.2 Å². The highest BCUT2D eigenvalue weighted by Gasteiger charge is 2.25. The van der Waals surface area contributed by atoms with E-state index < -0.39 is 10.2 Å². The van der Waals surface area contributed by atoms with Crippen molar-refractivity contribution in [3.8, 4) is 0 Å². The first-order chi connectivity index (χ1) is 8.01. The maximum absolute atomic E-state index is 11.9. The Labute approximate surface area is 105 Å². The highest BCUT2D eigenvalue weighted by molar-refractivity contribution is 7.87. The van der Waals surface area contributed by atoms with Crippen molar-refractivity contribution in [1.82, 2.24) is 9.03 Å². The monoisotopic (exact) mass is 263 g/mol. The summed E-state index contributed by atoms with van der Waals surface area (Å²) in [5.74, 6) is 0.286. The van der Waals surface area contributed by atoms with Gasteiger partial charge in [0.15, 0.2) is 0 Å². The summed E-state index contributed by atoms with van der Waals surface area (Å²) in [6.07, 6.45) is 4.37. The maximum atomic E-state index is 11.9. The number of rotatable bonds is 6. The van der Waals surface area contributed by atoms with Gasteiger partial charge in [-0.05, 0) is 18.8 Å². The summed E-state index contributed by atoms with van der Waals surface area (Å²) in [5, 5.41) is 0. The smallest absolute Gasteiger partial charge is 0.279 e. The third-order valence-corrected chi connectivity index (χ3v) is 5.27. The summed E-state index contributed by atoms with van der Waals surface area (Å²) in [5.41, 5.74) is 6.00. The predicted octanol–water partition coefficient (Wildman–Crippen LogP) is 0.680. The molecule has 3 N–H and O–H groups in total. The molecule has 1 fully saturated rings. The molecule has 0 amide bonds. The molecule has 1 saturated carbocycles. The number of nitrogens with two attached hydrogens (primary N) is 1. The molecule has 0 radical (unpaired) electrons. The second-order valence-corrected chi connectivity index (χ2v) is 6.40. The van der Waals surface area contributed by atoms with Crippen LogP contribution in [0.3, 0.4) is 0 Å². The molecule has 0 aromatic heterocycles. The SMILES string of the molecule is CCN(CC)S(=O)(=O)NCC1CCCCC1N. The Kier molecular flexibility index (Phi) is 5.85. The molecule has 0 heterocycles. The van der Waals surface area contributed by atoms with Crippen LogP contribution in [0.2, 0.25) is 0 Å². The molecule has 102 valence electrons. The van der Waals surface area contributed by atoms with Crippen LogP contribution in [-0.2, 0) is 10.2 Å². The topological polar surface area (TPSA) is 75.4 Å². The lowest BCUT2D eigenvalue weighted by Gasteiger charge is -2.29. The van der Waals surface area contributed by atoms with Gasteiger partial charge in [0, 0.05) is 25.7 Å². The lowest BCUT2D eigenvalue weighted by atomic mass is 9.85. The molecular formula is C11H25N3O2S. The van der Waals surface area contributed by atoms with Gasteiger partial charge in [-0.25, -0.2) is 4.72 Å². The molecule has 5 nitrogen and oxygen atoms in total. The summed E-state index contributed by atoms with van der Waals surface area (Å²) in [6.45, 7) is 5.16. The molecule has 17 heavy (non-hydrogen) atoms. The predicted molar refractivity (Wildman–Crippen MR) is 69.8 cm³/mol. The minimum atomic E-state index is -3.32. The average molecular weight is 263 g/mol. The van der Waals surface area contributed by atoms with Gasteiger partial charge in [-0.2, -0.15) is 12.7 Å². The zero-order valence-electron chi connectivity index (χ0n) is 10.9. The number of hydrogen-bond donors (Lipinski definition) is 2. The minimum absolute atomic E-state index is 0.142. The quantitative estimate of drug-likeness (QED) is 0.740. The van der Waals surface area contributed by atoms with Crippen molar-refractivity contribution in [3.63, 3.8) is 0 Å². The Bertz CT molecular complexity index is 315. The van der Waals surface area contributed by atoms with E-state index in [-0.39, 0.29) is 12.0 Å². The first-order valence-electron chi connectivity index (χ1n) is 6.51. The Morgan fingerprint density at radius 2 is 1.82 bits per heavy atom. The van der Waals surface area contributed by atoms with E-state index in [1.807, 2.05) is 13.8 Å². The molecule has 1 aliphatic carbocycles. The molecule has 0 aromatic carbocycles.